The lowest BCUT2D eigenvalue weighted by molar-refractivity contribution is 0.0698. The van der Waals surface area contributed by atoms with Gasteiger partial charge in [-0.1, -0.05) is 18.2 Å². The van der Waals surface area contributed by atoms with E-state index >= 15 is 0 Å². The molecule has 0 aliphatic rings. The molecule has 0 radical (unpaired) electrons. The van der Waals surface area contributed by atoms with Gasteiger partial charge in [0.1, 0.15) is 0 Å². The summed E-state index contributed by atoms with van der Waals surface area (Å²) in [5, 5.41) is 11.9. The van der Waals surface area contributed by atoms with E-state index in [9.17, 15) is 4.79 Å². The van der Waals surface area contributed by atoms with E-state index in [1.54, 1.807) is 30.3 Å². The number of carboxylic acid groups (broad SMARTS) is 1. The van der Waals surface area contributed by atoms with E-state index in [2.05, 4.69) is 11.9 Å². The molecule has 3 heteroatoms. The first kappa shape index (κ1) is 10.3. The summed E-state index contributed by atoms with van der Waals surface area (Å²) in [5.74, 6) is -0.927. The van der Waals surface area contributed by atoms with E-state index < -0.39 is 5.97 Å². The van der Waals surface area contributed by atoms with Gasteiger partial charge in [0.25, 0.3) is 0 Å². The molecule has 1 atom stereocenters. The number of hydrogen-bond donors (Lipinski definition) is 2. The molecule has 0 aliphatic carbocycles. The molecule has 0 bridgehead atoms. The second kappa shape index (κ2) is 4.46. The highest BCUT2D eigenvalue weighted by Crippen LogP contribution is 2.15. The van der Waals surface area contributed by atoms with Gasteiger partial charge in [0.2, 0.25) is 0 Å². The highest BCUT2D eigenvalue weighted by molar-refractivity contribution is 5.94. The van der Waals surface area contributed by atoms with Gasteiger partial charge in [0, 0.05) is 11.7 Å². The number of nitrogens with one attached hydrogen (secondary N) is 1. The number of carbonyl (C=O) groups is 1. The number of benzene rings is 1. The fourth-order valence-electron chi connectivity index (χ4n) is 1.10. The van der Waals surface area contributed by atoms with Crippen LogP contribution in [0.3, 0.4) is 0 Å². The summed E-state index contributed by atoms with van der Waals surface area (Å²) in [5.41, 5.74) is 0.897. The quantitative estimate of drug-likeness (QED) is 0.718. The van der Waals surface area contributed by atoms with Crippen molar-refractivity contribution >= 4 is 11.7 Å². The normalized spacial score (nSPS) is 11.8. The lowest BCUT2D eigenvalue weighted by Gasteiger charge is -2.12. The highest BCUT2D eigenvalue weighted by atomic mass is 16.4. The predicted octanol–water partition coefficient (Wildman–Crippen LogP) is 2.37. The molecule has 3 nitrogen and oxygen atoms in total. The smallest absolute Gasteiger partial charge is 0.337 e. The third kappa shape index (κ3) is 2.36. The Balaban J connectivity index is 2.95. The Bertz CT molecular complexity index is 347. The highest BCUT2D eigenvalue weighted by Gasteiger charge is 2.09. The van der Waals surface area contributed by atoms with Crippen LogP contribution in [0.15, 0.2) is 36.9 Å². The van der Waals surface area contributed by atoms with Gasteiger partial charge in [-0.25, -0.2) is 4.79 Å². The van der Waals surface area contributed by atoms with Crippen molar-refractivity contribution in [1.29, 1.82) is 0 Å². The summed E-state index contributed by atoms with van der Waals surface area (Å²) in [6.45, 7) is 5.53. The van der Waals surface area contributed by atoms with Gasteiger partial charge in [-0.05, 0) is 19.1 Å². The summed E-state index contributed by atoms with van der Waals surface area (Å²) >= 11 is 0. The van der Waals surface area contributed by atoms with Gasteiger partial charge >= 0.3 is 5.97 Å². The van der Waals surface area contributed by atoms with Crippen molar-refractivity contribution in [1.82, 2.24) is 0 Å². The summed E-state index contributed by atoms with van der Waals surface area (Å²) in [4.78, 5) is 10.8. The minimum absolute atomic E-state index is 0.0514. The fraction of sp³-hybridized carbons (Fsp3) is 0.182. The molecule has 74 valence electrons. The van der Waals surface area contributed by atoms with Gasteiger partial charge in [-0.15, -0.1) is 6.58 Å². The van der Waals surface area contributed by atoms with E-state index in [1.165, 1.54) is 0 Å². The van der Waals surface area contributed by atoms with Crippen molar-refractivity contribution in [3.63, 3.8) is 0 Å². The maximum atomic E-state index is 10.8. The molecular weight excluding hydrogens is 178 g/mol. The second-order valence-corrected chi connectivity index (χ2v) is 3.02. The molecule has 0 spiro atoms. The Kier molecular flexibility index (Phi) is 3.29. The van der Waals surface area contributed by atoms with E-state index in [1.807, 2.05) is 6.92 Å². The molecule has 0 saturated heterocycles. The Hall–Kier alpha value is -1.77. The maximum absolute atomic E-state index is 10.8. The molecule has 0 aromatic heterocycles. The minimum Gasteiger partial charge on any atom is -0.478 e. The first-order valence-corrected chi connectivity index (χ1v) is 4.36. The van der Waals surface area contributed by atoms with E-state index in [4.69, 9.17) is 5.11 Å². The Labute approximate surface area is 83.1 Å². The van der Waals surface area contributed by atoms with E-state index in [0.29, 0.717) is 5.69 Å². The van der Waals surface area contributed by atoms with Crippen molar-refractivity contribution in [3.05, 3.63) is 42.5 Å². The summed E-state index contributed by atoms with van der Waals surface area (Å²) in [6, 6.07) is 6.86. The number of para-hydroxylation sites is 1. The molecular formula is C11H13NO2. The molecule has 0 amide bonds. The minimum atomic E-state index is -0.927. The van der Waals surface area contributed by atoms with Crippen LogP contribution in [-0.2, 0) is 0 Å². The third-order valence-electron chi connectivity index (χ3n) is 1.89. The first-order valence-electron chi connectivity index (χ1n) is 4.36. The van der Waals surface area contributed by atoms with Crippen molar-refractivity contribution in [3.8, 4) is 0 Å². The Morgan fingerprint density at radius 1 is 1.57 bits per heavy atom. The average molecular weight is 191 g/mol. The first-order chi connectivity index (χ1) is 6.65. The zero-order valence-corrected chi connectivity index (χ0v) is 8.03. The van der Waals surface area contributed by atoms with Gasteiger partial charge in [0.05, 0.1) is 5.56 Å². The van der Waals surface area contributed by atoms with Crippen LogP contribution in [0.25, 0.3) is 0 Å². The third-order valence-corrected chi connectivity index (χ3v) is 1.89. The molecule has 2 N–H and O–H groups in total. The monoisotopic (exact) mass is 191 g/mol. The largest absolute Gasteiger partial charge is 0.478 e. The number of rotatable bonds is 4. The van der Waals surface area contributed by atoms with Crippen LogP contribution in [-0.4, -0.2) is 17.1 Å². The number of aromatic carboxylic acids is 1. The maximum Gasteiger partial charge on any atom is 0.337 e. The van der Waals surface area contributed by atoms with Crippen LogP contribution >= 0.6 is 0 Å². The second-order valence-electron chi connectivity index (χ2n) is 3.02. The molecule has 0 unspecified atom stereocenters. The average Bonchev–Trinajstić information content (AvgIpc) is 2.18. The van der Waals surface area contributed by atoms with Gasteiger partial charge in [-0.2, -0.15) is 0 Å². The van der Waals surface area contributed by atoms with Crippen molar-refractivity contribution in [2.75, 3.05) is 5.32 Å². The van der Waals surface area contributed by atoms with Crippen LogP contribution in [0.5, 0.6) is 0 Å². The molecule has 0 heterocycles. The zero-order valence-electron chi connectivity index (χ0n) is 8.03. The molecule has 0 saturated carbocycles. The lowest BCUT2D eigenvalue weighted by atomic mass is 10.1. The van der Waals surface area contributed by atoms with Gasteiger partial charge < -0.3 is 10.4 Å². The van der Waals surface area contributed by atoms with E-state index in [-0.39, 0.29) is 11.6 Å². The van der Waals surface area contributed by atoms with Crippen molar-refractivity contribution in [2.45, 2.75) is 13.0 Å². The summed E-state index contributed by atoms with van der Waals surface area (Å²) < 4.78 is 0. The standard InChI is InChI=1S/C11H13NO2/c1-3-8(2)12-10-7-5-4-6-9(10)11(13)14/h3-8,12H,1H2,2H3,(H,13,14)/t8-/m1/s1. The van der Waals surface area contributed by atoms with Crippen LogP contribution in [0.4, 0.5) is 5.69 Å². The van der Waals surface area contributed by atoms with Crippen LogP contribution in [0.1, 0.15) is 17.3 Å². The van der Waals surface area contributed by atoms with Crippen molar-refractivity contribution < 1.29 is 9.90 Å². The number of anilines is 1. The zero-order chi connectivity index (χ0) is 10.6. The fourth-order valence-corrected chi connectivity index (χ4v) is 1.10. The Morgan fingerprint density at radius 3 is 2.79 bits per heavy atom. The van der Waals surface area contributed by atoms with Crippen LogP contribution < -0.4 is 5.32 Å². The Morgan fingerprint density at radius 2 is 2.21 bits per heavy atom. The summed E-state index contributed by atoms with van der Waals surface area (Å²) in [7, 11) is 0. The summed E-state index contributed by atoms with van der Waals surface area (Å²) in [6.07, 6.45) is 1.72. The van der Waals surface area contributed by atoms with Crippen LogP contribution in [0.2, 0.25) is 0 Å². The molecule has 14 heavy (non-hydrogen) atoms. The van der Waals surface area contributed by atoms with Crippen LogP contribution in [0, 0.1) is 0 Å². The topological polar surface area (TPSA) is 49.3 Å². The molecule has 1 aromatic carbocycles. The van der Waals surface area contributed by atoms with Gasteiger partial charge in [0.15, 0.2) is 0 Å². The molecule has 0 fully saturated rings. The predicted molar refractivity (Wildman–Crippen MR) is 56.7 cm³/mol. The molecule has 0 aliphatic heterocycles. The molecule has 1 aromatic rings. The SMILES string of the molecule is C=C[C@@H](C)Nc1ccccc1C(=O)O. The van der Waals surface area contributed by atoms with E-state index in [0.717, 1.165) is 0 Å². The number of hydrogen-bond acceptors (Lipinski definition) is 2. The lowest BCUT2D eigenvalue weighted by Crippen LogP contribution is -2.14. The molecule has 1 rings (SSSR count). The van der Waals surface area contributed by atoms with Crippen molar-refractivity contribution in [2.24, 2.45) is 0 Å². The number of carboxylic acids is 1. The van der Waals surface area contributed by atoms with Gasteiger partial charge in [-0.3, -0.25) is 0 Å².